The number of rotatable bonds is 8. The summed E-state index contributed by atoms with van der Waals surface area (Å²) in [6.45, 7) is 12.9. The van der Waals surface area contributed by atoms with E-state index in [1.807, 2.05) is 21.6 Å². The third-order valence-corrected chi connectivity index (χ3v) is 8.19. The van der Waals surface area contributed by atoms with E-state index in [-0.39, 0.29) is 17.7 Å². The van der Waals surface area contributed by atoms with Gasteiger partial charge in [0.25, 0.3) is 0 Å². The van der Waals surface area contributed by atoms with Gasteiger partial charge >= 0.3 is 0 Å². The number of carbonyl (C=O) groups is 3. The highest BCUT2D eigenvalue weighted by Gasteiger charge is 2.21. The molecule has 0 unspecified atom stereocenters. The first-order valence-corrected chi connectivity index (χ1v) is 16.7. The van der Waals surface area contributed by atoms with Crippen LogP contribution in [0.4, 0.5) is 0 Å². The van der Waals surface area contributed by atoms with Crippen LogP contribution in [0.5, 0.6) is 0 Å². The van der Waals surface area contributed by atoms with Crippen molar-refractivity contribution >= 4 is 17.7 Å². The zero-order valence-electron chi connectivity index (χ0n) is 28.2. The van der Waals surface area contributed by atoms with Gasteiger partial charge in [0.05, 0.1) is 0 Å². The van der Waals surface area contributed by atoms with Gasteiger partial charge in [0.2, 0.25) is 17.7 Å². The molecular formula is C37H50N6O3. The molecule has 6 bridgehead atoms. The van der Waals surface area contributed by atoms with Crippen LogP contribution >= 0.6 is 0 Å². The van der Waals surface area contributed by atoms with Gasteiger partial charge in [-0.25, -0.2) is 0 Å². The molecule has 0 atom stereocenters. The Balaban J connectivity index is 1.75. The molecule has 0 aliphatic carbocycles. The molecule has 0 N–H and O–H groups in total. The maximum absolute atomic E-state index is 13.6. The molecule has 0 spiro atoms. The summed E-state index contributed by atoms with van der Waals surface area (Å²) in [6, 6.07) is 6.16. The van der Waals surface area contributed by atoms with Gasteiger partial charge in [-0.1, -0.05) is 34.6 Å². The molecule has 46 heavy (non-hydrogen) atoms. The lowest BCUT2D eigenvalue weighted by Gasteiger charge is -2.27. The lowest BCUT2D eigenvalue weighted by atomic mass is 10.1. The fourth-order valence-corrected chi connectivity index (χ4v) is 5.67. The second-order valence-electron chi connectivity index (χ2n) is 13.5. The van der Waals surface area contributed by atoms with Crippen LogP contribution in [0.25, 0.3) is 0 Å². The first-order valence-electron chi connectivity index (χ1n) is 16.7. The van der Waals surface area contributed by atoms with E-state index in [4.69, 9.17) is 0 Å². The minimum atomic E-state index is 0.0645. The Bertz CT molecular complexity index is 1380. The smallest absolute Gasteiger partial charge is 0.223 e. The lowest BCUT2D eigenvalue weighted by Crippen LogP contribution is -2.32. The number of fused-ring (bicyclic) bond motifs is 6. The Labute approximate surface area is 274 Å². The summed E-state index contributed by atoms with van der Waals surface area (Å²) in [5, 5.41) is 0. The normalized spacial score (nSPS) is 14.3. The van der Waals surface area contributed by atoms with E-state index in [0.717, 1.165) is 52.6 Å². The molecule has 9 nitrogen and oxygen atoms in total. The Kier molecular flexibility index (Phi) is 12.8. The summed E-state index contributed by atoms with van der Waals surface area (Å²) < 4.78 is 0. The van der Waals surface area contributed by atoms with E-state index in [9.17, 15) is 14.4 Å². The second kappa shape index (κ2) is 17.0. The Hall–Kier alpha value is -4.14. The van der Waals surface area contributed by atoms with Gasteiger partial charge in [-0.05, 0) is 82.7 Å². The number of hydrogen-bond donors (Lipinski definition) is 0. The molecule has 0 saturated heterocycles. The van der Waals surface area contributed by atoms with Crippen molar-refractivity contribution in [3.63, 3.8) is 0 Å². The van der Waals surface area contributed by atoms with E-state index >= 15 is 0 Å². The number of hydrogen-bond acceptors (Lipinski definition) is 6. The molecule has 0 saturated carbocycles. The average Bonchev–Trinajstić information content (AvgIpc) is 3.02. The third-order valence-electron chi connectivity index (χ3n) is 8.19. The van der Waals surface area contributed by atoms with Gasteiger partial charge in [-0.15, -0.1) is 0 Å². The van der Waals surface area contributed by atoms with E-state index in [1.54, 1.807) is 37.2 Å². The van der Waals surface area contributed by atoms with Crippen molar-refractivity contribution in [2.45, 2.75) is 112 Å². The topological polar surface area (TPSA) is 99.6 Å². The van der Waals surface area contributed by atoms with Crippen LogP contribution in [0.3, 0.4) is 0 Å². The van der Waals surface area contributed by atoms with Gasteiger partial charge in [0.1, 0.15) is 0 Å². The summed E-state index contributed by atoms with van der Waals surface area (Å²) in [6.07, 6.45) is 14.5. The molecule has 1 aliphatic rings. The highest BCUT2D eigenvalue weighted by atomic mass is 16.2. The van der Waals surface area contributed by atoms with Crippen LogP contribution in [-0.2, 0) is 53.7 Å². The second-order valence-corrected chi connectivity index (χ2v) is 13.5. The monoisotopic (exact) mass is 626 g/mol. The SMILES string of the molecule is CCCC(=O)N1Cc2cncc(c2)CN(C(=O)CCC(C)C)Cc2cncc(c2)CN(C(=O)CCC(C)C)Cc2cncc(c2)C1. The van der Waals surface area contributed by atoms with Crippen molar-refractivity contribution in [1.29, 1.82) is 0 Å². The van der Waals surface area contributed by atoms with Crippen LogP contribution in [-0.4, -0.2) is 47.4 Å². The van der Waals surface area contributed by atoms with Crippen LogP contribution < -0.4 is 0 Å². The molecular weight excluding hydrogens is 576 g/mol. The molecule has 1 aliphatic heterocycles. The molecule has 0 aromatic carbocycles. The first kappa shape index (κ1) is 34.7. The highest BCUT2D eigenvalue weighted by molar-refractivity contribution is 5.77. The van der Waals surface area contributed by atoms with E-state index < -0.39 is 0 Å². The van der Waals surface area contributed by atoms with E-state index in [0.29, 0.717) is 70.4 Å². The molecule has 0 radical (unpaired) electrons. The molecule has 4 rings (SSSR count). The first-order chi connectivity index (χ1) is 22.1. The fourth-order valence-electron chi connectivity index (χ4n) is 5.67. The zero-order valence-corrected chi connectivity index (χ0v) is 28.2. The summed E-state index contributed by atoms with van der Waals surface area (Å²) in [5.41, 5.74) is 5.47. The number of carbonyl (C=O) groups excluding carboxylic acids is 3. The van der Waals surface area contributed by atoms with Crippen molar-refractivity contribution in [2.24, 2.45) is 11.8 Å². The standard InChI is InChI=1S/C37H50N6O3/c1-6-7-35(44)41-21-29-12-31(17-38-15-29)23-42(36(45)10-8-27(2)3)25-33-14-34(20-40-19-33)26-43(37(46)11-9-28(4)5)24-32-13-30(22-41)16-39-18-32/h12-20,27-28H,6-11,21-26H2,1-5H3. The van der Waals surface area contributed by atoms with E-state index in [2.05, 4.69) is 60.8 Å². The molecule has 9 heteroatoms. The lowest BCUT2D eigenvalue weighted by molar-refractivity contribution is -0.133. The minimum absolute atomic E-state index is 0.0645. The molecule has 0 fully saturated rings. The summed E-state index contributed by atoms with van der Waals surface area (Å²) in [4.78, 5) is 59.6. The van der Waals surface area contributed by atoms with Crippen molar-refractivity contribution in [2.75, 3.05) is 0 Å². The predicted octanol–water partition coefficient (Wildman–Crippen LogP) is 6.44. The summed E-state index contributed by atoms with van der Waals surface area (Å²) >= 11 is 0. The highest BCUT2D eigenvalue weighted by Crippen LogP contribution is 2.20. The van der Waals surface area contributed by atoms with Crippen LogP contribution in [0.15, 0.2) is 55.4 Å². The van der Waals surface area contributed by atoms with Gasteiger partial charge in [-0.2, -0.15) is 0 Å². The quantitative estimate of drug-likeness (QED) is 0.285. The Morgan fingerprint density at radius 3 is 1.02 bits per heavy atom. The van der Waals surface area contributed by atoms with Gasteiger partial charge in [0, 0.05) is 95.7 Å². The van der Waals surface area contributed by atoms with Crippen LogP contribution in [0.2, 0.25) is 0 Å². The van der Waals surface area contributed by atoms with E-state index in [1.165, 1.54) is 0 Å². The zero-order chi connectivity index (χ0) is 33.1. The van der Waals surface area contributed by atoms with Gasteiger partial charge in [-0.3, -0.25) is 29.3 Å². The van der Waals surface area contributed by atoms with Crippen molar-refractivity contribution < 1.29 is 14.4 Å². The summed E-state index contributed by atoms with van der Waals surface area (Å²) in [5.74, 6) is 1.06. The fraction of sp³-hybridized carbons (Fsp3) is 0.514. The number of amides is 3. The maximum atomic E-state index is 13.6. The van der Waals surface area contributed by atoms with Crippen molar-refractivity contribution in [3.8, 4) is 0 Å². The Morgan fingerprint density at radius 2 is 0.783 bits per heavy atom. The van der Waals surface area contributed by atoms with Crippen LogP contribution in [0, 0.1) is 11.8 Å². The molecule has 4 heterocycles. The molecule has 3 aromatic rings. The van der Waals surface area contributed by atoms with Crippen LogP contribution in [0.1, 0.15) is 107 Å². The number of pyridine rings is 3. The third kappa shape index (κ3) is 10.7. The largest absolute Gasteiger partial charge is 0.334 e. The Morgan fingerprint density at radius 1 is 0.522 bits per heavy atom. The summed E-state index contributed by atoms with van der Waals surface area (Å²) in [7, 11) is 0. The molecule has 3 amide bonds. The van der Waals surface area contributed by atoms with Crippen molar-refractivity contribution in [1.82, 2.24) is 29.7 Å². The van der Waals surface area contributed by atoms with Crippen molar-refractivity contribution in [3.05, 3.63) is 88.8 Å². The average molecular weight is 627 g/mol. The number of nitrogens with zero attached hydrogens (tertiary/aromatic N) is 6. The van der Waals surface area contributed by atoms with Gasteiger partial charge in [0.15, 0.2) is 0 Å². The maximum Gasteiger partial charge on any atom is 0.223 e. The molecule has 246 valence electrons. The minimum Gasteiger partial charge on any atom is -0.334 e. The molecule has 3 aromatic heterocycles. The predicted molar refractivity (Wildman–Crippen MR) is 179 cm³/mol. The van der Waals surface area contributed by atoms with Gasteiger partial charge < -0.3 is 14.7 Å². The number of aromatic nitrogens is 3.